The summed E-state index contributed by atoms with van der Waals surface area (Å²) < 4.78 is 24.8. The van der Waals surface area contributed by atoms with E-state index in [-0.39, 0.29) is 18.9 Å². The maximum absolute atomic E-state index is 6.21. The van der Waals surface area contributed by atoms with Crippen LogP contribution in [0.5, 0.6) is 23.0 Å². The molecule has 0 aliphatic heterocycles. The average molecular weight is 390 g/mol. The third kappa shape index (κ3) is 5.87. The van der Waals surface area contributed by atoms with Gasteiger partial charge >= 0.3 is 25.8 Å². The van der Waals surface area contributed by atoms with Crippen molar-refractivity contribution in [1.82, 2.24) is 0 Å². The van der Waals surface area contributed by atoms with E-state index in [1.54, 1.807) is 0 Å². The Kier molecular flexibility index (Phi) is 7.51. The molecule has 0 unspecified atom stereocenters. The van der Waals surface area contributed by atoms with E-state index in [4.69, 9.17) is 18.6 Å². The van der Waals surface area contributed by atoms with Crippen LogP contribution in [0.2, 0.25) is 0 Å². The van der Waals surface area contributed by atoms with Gasteiger partial charge in [0.2, 0.25) is 0 Å². The second-order valence-electron chi connectivity index (χ2n) is 6.30. The molecule has 0 aromatic heterocycles. The number of rotatable bonds is 8. The molecule has 0 saturated carbocycles. The minimum atomic E-state index is -2.73. The Hall–Kier alpha value is -3.26. The van der Waals surface area contributed by atoms with Crippen LogP contribution >= 0.6 is 0 Å². The minimum absolute atomic E-state index is 0. The van der Waals surface area contributed by atoms with Crippen molar-refractivity contribution >= 4 is 6.96 Å². The summed E-state index contributed by atoms with van der Waals surface area (Å²) in [7, 11) is 0. The first-order valence-electron chi connectivity index (χ1n) is 9.40. The minimum Gasteiger partial charge on any atom is -0.611 e. The molecular formula is C24H20BLiO4. The van der Waals surface area contributed by atoms with Crippen molar-refractivity contribution < 1.29 is 37.5 Å². The fourth-order valence-electron chi connectivity index (χ4n) is 2.81. The van der Waals surface area contributed by atoms with E-state index >= 15 is 0 Å². The van der Waals surface area contributed by atoms with Crippen molar-refractivity contribution in [2.75, 3.05) is 0 Å². The topological polar surface area (TPSA) is 36.9 Å². The summed E-state index contributed by atoms with van der Waals surface area (Å²) in [6.45, 7) is -2.73. The van der Waals surface area contributed by atoms with Gasteiger partial charge in [-0.15, -0.1) is 0 Å². The van der Waals surface area contributed by atoms with Gasteiger partial charge in [-0.1, -0.05) is 72.8 Å². The molecule has 0 aliphatic rings. The molecule has 144 valence electrons. The quantitative estimate of drug-likeness (QED) is 0.434. The molecule has 0 bridgehead atoms. The Morgan fingerprint density at radius 1 is 0.333 bits per heavy atom. The monoisotopic (exact) mass is 390 g/mol. The zero-order valence-corrected chi connectivity index (χ0v) is 16.8. The van der Waals surface area contributed by atoms with Crippen LogP contribution in [-0.2, 0) is 0 Å². The fourth-order valence-corrected chi connectivity index (χ4v) is 2.81. The Morgan fingerprint density at radius 2 is 0.533 bits per heavy atom. The Labute approximate surface area is 188 Å². The molecule has 0 radical (unpaired) electrons. The van der Waals surface area contributed by atoms with Crippen LogP contribution in [-0.4, -0.2) is 6.96 Å². The summed E-state index contributed by atoms with van der Waals surface area (Å²) in [5, 5.41) is 0. The number of benzene rings is 4. The molecule has 0 heterocycles. The summed E-state index contributed by atoms with van der Waals surface area (Å²) in [5.41, 5.74) is 0. The Bertz CT molecular complexity index is 831. The van der Waals surface area contributed by atoms with Crippen molar-refractivity contribution in [3.05, 3.63) is 121 Å². The molecule has 4 aromatic carbocycles. The standard InChI is InChI=1S/C24H20BO4.Li/c1-5-13-21(14-6-1)26-25(27-22-15-7-2-8-16-22,28-23-17-9-3-10-18-23)29-24-19-11-4-12-20-24;/h1-20H;/q-1;+1. The first kappa shape index (κ1) is 21.5. The molecule has 4 nitrogen and oxygen atoms in total. The fraction of sp³-hybridized carbons (Fsp3) is 0. The molecule has 4 aromatic rings. The summed E-state index contributed by atoms with van der Waals surface area (Å²) in [4.78, 5) is 0. The summed E-state index contributed by atoms with van der Waals surface area (Å²) >= 11 is 0. The predicted octanol–water partition coefficient (Wildman–Crippen LogP) is 2.74. The van der Waals surface area contributed by atoms with Crippen molar-refractivity contribution in [1.29, 1.82) is 0 Å². The molecule has 0 atom stereocenters. The van der Waals surface area contributed by atoms with E-state index in [0.29, 0.717) is 23.0 Å². The molecule has 0 amide bonds. The van der Waals surface area contributed by atoms with Gasteiger partial charge in [-0.3, -0.25) is 0 Å². The molecule has 0 N–H and O–H groups in total. The van der Waals surface area contributed by atoms with Crippen LogP contribution in [0.4, 0.5) is 0 Å². The normalized spacial score (nSPS) is 10.4. The van der Waals surface area contributed by atoms with Crippen molar-refractivity contribution in [3.8, 4) is 23.0 Å². The SMILES string of the molecule is [Li+].c1ccc(O[B-](Oc2ccccc2)(Oc2ccccc2)Oc2ccccc2)cc1. The number of hydrogen-bond acceptors (Lipinski definition) is 4. The molecule has 4 rings (SSSR count). The molecule has 0 aliphatic carbocycles. The largest absolute Gasteiger partial charge is 1.00 e. The number of hydrogen-bond donors (Lipinski definition) is 0. The molecule has 0 saturated heterocycles. The van der Waals surface area contributed by atoms with Gasteiger partial charge in [0.25, 0.3) is 0 Å². The van der Waals surface area contributed by atoms with Gasteiger partial charge < -0.3 is 18.6 Å². The summed E-state index contributed by atoms with van der Waals surface area (Å²) in [5.74, 6) is 2.26. The van der Waals surface area contributed by atoms with E-state index in [1.807, 2.05) is 121 Å². The van der Waals surface area contributed by atoms with Crippen LogP contribution in [0.25, 0.3) is 0 Å². The van der Waals surface area contributed by atoms with Gasteiger partial charge in [0, 0.05) is 0 Å². The van der Waals surface area contributed by atoms with Crippen molar-refractivity contribution in [3.63, 3.8) is 0 Å². The third-order valence-corrected chi connectivity index (χ3v) is 4.09. The van der Waals surface area contributed by atoms with Gasteiger partial charge in [0.05, 0.1) is 23.0 Å². The van der Waals surface area contributed by atoms with Crippen LogP contribution < -0.4 is 37.5 Å². The molecule has 6 heteroatoms. The zero-order chi connectivity index (χ0) is 19.8. The maximum atomic E-state index is 6.21. The predicted molar refractivity (Wildman–Crippen MR) is 114 cm³/mol. The van der Waals surface area contributed by atoms with Crippen LogP contribution in [0.15, 0.2) is 121 Å². The molecule has 0 fully saturated rings. The maximum Gasteiger partial charge on any atom is 1.00 e. The first-order chi connectivity index (χ1) is 14.3. The van der Waals surface area contributed by atoms with Gasteiger partial charge in [-0.05, 0) is 48.5 Å². The van der Waals surface area contributed by atoms with Gasteiger partial charge in [-0.25, -0.2) is 0 Å². The zero-order valence-electron chi connectivity index (χ0n) is 16.8. The summed E-state index contributed by atoms with van der Waals surface area (Å²) in [6, 6.07) is 37.3. The first-order valence-corrected chi connectivity index (χ1v) is 9.40. The van der Waals surface area contributed by atoms with Crippen LogP contribution in [0, 0.1) is 0 Å². The van der Waals surface area contributed by atoms with Crippen LogP contribution in [0.3, 0.4) is 0 Å². The van der Waals surface area contributed by atoms with E-state index in [9.17, 15) is 0 Å². The van der Waals surface area contributed by atoms with Gasteiger partial charge in [0.1, 0.15) is 0 Å². The molecular weight excluding hydrogens is 370 g/mol. The van der Waals surface area contributed by atoms with Gasteiger partial charge in [0.15, 0.2) is 0 Å². The van der Waals surface area contributed by atoms with Crippen molar-refractivity contribution in [2.24, 2.45) is 0 Å². The van der Waals surface area contributed by atoms with E-state index in [1.165, 1.54) is 0 Å². The second kappa shape index (κ2) is 10.5. The second-order valence-corrected chi connectivity index (χ2v) is 6.30. The molecule has 30 heavy (non-hydrogen) atoms. The van der Waals surface area contributed by atoms with Crippen LogP contribution in [0.1, 0.15) is 0 Å². The number of para-hydroxylation sites is 4. The third-order valence-electron chi connectivity index (χ3n) is 4.09. The smallest absolute Gasteiger partial charge is 0.611 e. The average Bonchev–Trinajstić information content (AvgIpc) is 2.76. The summed E-state index contributed by atoms with van der Waals surface area (Å²) in [6.07, 6.45) is 0. The van der Waals surface area contributed by atoms with Gasteiger partial charge in [-0.2, -0.15) is 0 Å². The Balaban J connectivity index is 0.00000256. The van der Waals surface area contributed by atoms with E-state index in [0.717, 1.165) is 0 Å². The van der Waals surface area contributed by atoms with E-state index < -0.39 is 6.96 Å². The van der Waals surface area contributed by atoms with Crippen molar-refractivity contribution in [2.45, 2.75) is 0 Å². The van der Waals surface area contributed by atoms with E-state index in [2.05, 4.69) is 0 Å². The molecule has 0 spiro atoms. The Morgan fingerprint density at radius 3 is 0.733 bits per heavy atom.